The Hall–Kier alpha value is -1.67. The van der Waals surface area contributed by atoms with Crippen molar-refractivity contribution in [3.63, 3.8) is 0 Å². The predicted molar refractivity (Wildman–Crippen MR) is 71.8 cm³/mol. The number of nitrogens with zero attached hydrogens (tertiary/aromatic N) is 3. The van der Waals surface area contributed by atoms with Gasteiger partial charge >= 0.3 is 0 Å². The largest absolute Gasteiger partial charge is 0.374 e. The number of hydrogen-bond acceptors (Lipinski definition) is 7. The average molecular weight is 282 g/mol. The number of anilines is 1. The summed E-state index contributed by atoms with van der Waals surface area (Å²) in [5.41, 5.74) is 6.65. The highest BCUT2D eigenvalue weighted by Crippen LogP contribution is 2.24. The molecule has 6 nitrogen and oxygen atoms in total. The minimum Gasteiger partial charge on any atom is -0.374 e. The third-order valence-electron chi connectivity index (χ3n) is 2.19. The van der Waals surface area contributed by atoms with Crippen molar-refractivity contribution in [3.05, 3.63) is 39.9 Å². The van der Waals surface area contributed by atoms with Gasteiger partial charge in [-0.3, -0.25) is 10.1 Å². The molecule has 0 unspecified atom stereocenters. The van der Waals surface area contributed by atoms with Crippen molar-refractivity contribution in [3.8, 4) is 0 Å². The van der Waals surface area contributed by atoms with Crippen molar-refractivity contribution in [2.24, 2.45) is 0 Å². The van der Waals surface area contributed by atoms with Crippen LogP contribution in [0.2, 0.25) is 0 Å². The van der Waals surface area contributed by atoms with Gasteiger partial charge in [0.25, 0.3) is 5.69 Å². The lowest BCUT2D eigenvalue weighted by atomic mass is 10.1. The summed E-state index contributed by atoms with van der Waals surface area (Å²) in [6, 6.07) is 6.58. The molecule has 0 radical (unpaired) electrons. The van der Waals surface area contributed by atoms with E-state index in [1.54, 1.807) is 23.9 Å². The first-order valence-electron chi connectivity index (χ1n) is 5.10. The molecule has 2 N–H and O–H groups in total. The second kappa shape index (κ2) is 5.78. The van der Waals surface area contributed by atoms with Gasteiger partial charge in [-0.2, -0.15) is 0 Å². The number of nitro benzene ring substituents is 1. The van der Waals surface area contributed by atoms with Gasteiger partial charge < -0.3 is 5.73 Å². The maximum atomic E-state index is 10.5. The molecule has 2 rings (SSSR count). The van der Waals surface area contributed by atoms with Crippen LogP contribution < -0.4 is 5.73 Å². The first kappa shape index (κ1) is 12.8. The van der Waals surface area contributed by atoms with Gasteiger partial charge in [-0.1, -0.05) is 35.2 Å². The number of rotatable bonds is 5. The molecule has 0 atom stereocenters. The fourth-order valence-corrected chi connectivity index (χ4v) is 3.01. The zero-order chi connectivity index (χ0) is 13.0. The van der Waals surface area contributed by atoms with Crippen molar-refractivity contribution in [2.45, 2.75) is 10.8 Å². The minimum absolute atomic E-state index is 0.114. The number of aryl methyl sites for hydroxylation is 1. The van der Waals surface area contributed by atoms with Crippen LogP contribution in [-0.4, -0.2) is 20.9 Å². The van der Waals surface area contributed by atoms with Gasteiger partial charge in [-0.15, -0.1) is 10.2 Å². The number of non-ortho nitro benzene ring substituents is 1. The van der Waals surface area contributed by atoms with Crippen molar-refractivity contribution < 1.29 is 4.92 Å². The molecule has 0 fully saturated rings. The molecule has 0 saturated heterocycles. The van der Waals surface area contributed by atoms with Crippen molar-refractivity contribution in [2.75, 3.05) is 11.5 Å². The highest BCUT2D eigenvalue weighted by Gasteiger charge is 2.05. The molecule has 0 amide bonds. The maximum Gasteiger partial charge on any atom is 0.269 e. The molecule has 18 heavy (non-hydrogen) atoms. The minimum atomic E-state index is -0.400. The van der Waals surface area contributed by atoms with Gasteiger partial charge in [0.1, 0.15) is 0 Å². The number of nitro groups is 1. The molecule has 2 aromatic rings. The molecule has 0 saturated carbocycles. The summed E-state index contributed by atoms with van der Waals surface area (Å²) < 4.78 is 0.842. The second-order valence-electron chi connectivity index (χ2n) is 3.43. The summed E-state index contributed by atoms with van der Waals surface area (Å²) in [5.74, 6) is 0.840. The van der Waals surface area contributed by atoms with Crippen molar-refractivity contribution in [1.82, 2.24) is 10.2 Å². The zero-order valence-electron chi connectivity index (χ0n) is 9.28. The molecule has 8 heteroatoms. The monoisotopic (exact) mass is 282 g/mol. The lowest BCUT2D eigenvalue weighted by Crippen LogP contribution is -1.91. The molecular formula is C10H10N4O2S2. The van der Waals surface area contributed by atoms with Crippen LogP contribution in [0.15, 0.2) is 28.6 Å². The van der Waals surface area contributed by atoms with E-state index in [1.165, 1.54) is 23.5 Å². The van der Waals surface area contributed by atoms with Crippen LogP contribution in [0.1, 0.15) is 5.56 Å². The smallest absolute Gasteiger partial charge is 0.269 e. The highest BCUT2D eigenvalue weighted by molar-refractivity contribution is 8.01. The number of nitrogens with two attached hydrogens (primary N) is 1. The molecule has 1 aromatic heterocycles. The van der Waals surface area contributed by atoms with E-state index in [4.69, 9.17) is 5.73 Å². The fourth-order valence-electron chi connectivity index (χ4n) is 1.32. The Balaban J connectivity index is 1.85. The Bertz CT molecular complexity index is 541. The number of hydrogen-bond donors (Lipinski definition) is 1. The Morgan fingerprint density at radius 3 is 2.61 bits per heavy atom. The van der Waals surface area contributed by atoms with Crippen LogP contribution in [0.3, 0.4) is 0 Å². The summed E-state index contributed by atoms with van der Waals surface area (Å²) in [6.45, 7) is 0. The third kappa shape index (κ3) is 3.41. The summed E-state index contributed by atoms with van der Waals surface area (Å²) >= 11 is 2.94. The maximum absolute atomic E-state index is 10.5. The number of thioether (sulfide) groups is 1. The van der Waals surface area contributed by atoms with Crippen LogP contribution in [0.5, 0.6) is 0 Å². The Morgan fingerprint density at radius 1 is 1.33 bits per heavy atom. The lowest BCUT2D eigenvalue weighted by Gasteiger charge is -1.99. The Morgan fingerprint density at radius 2 is 2.06 bits per heavy atom. The van der Waals surface area contributed by atoms with Crippen LogP contribution >= 0.6 is 23.1 Å². The van der Waals surface area contributed by atoms with Crippen LogP contribution in [0.25, 0.3) is 0 Å². The van der Waals surface area contributed by atoms with Gasteiger partial charge in [0.2, 0.25) is 5.13 Å². The second-order valence-corrected chi connectivity index (χ2v) is 5.78. The SMILES string of the molecule is Nc1nnc(SCCc2ccc([N+](=O)[O-])cc2)s1. The van der Waals surface area contributed by atoms with Gasteiger partial charge in [0.15, 0.2) is 4.34 Å². The topological polar surface area (TPSA) is 94.9 Å². The van der Waals surface area contributed by atoms with Crippen LogP contribution in [0, 0.1) is 10.1 Å². The number of aromatic nitrogens is 2. The lowest BCUT2D eigenvalue weighted by molar-refractivity contribution is -0.384. The van der Waals surface area contributed by atoms with Crippen molar-refractivity contribution in [1.29, 1.82) is 0 Å². The molecule has 94 valence electrons. The molecule has 0 aliphatic rings. The standard InChI is InChI=1S/C10H10N4O2S2/c11-9-12-13-10(18-9)17-6-5-7-1-3-8(4-2-7)14(15)16/h1-4H,5-6H2,(H2,11,12). The molecular weight excluding hydrogens is 272 g/mol. The molecule has 0 aliphatic carbocycles. The van der Waals surface area contributed by atoms with E-state index in [2.05, 4.69) is 10.2 Å². The summed E-state index contributed by atoms with van der Waals surface area (Å²) in [5, 5.41) is 18.6. The van der Waals surface area contributed by atoms with E-state index >= 15 is 0 Å². The number of nitrogen functional groups attached to an aromatic ring is 1. The van der Waals surface area contributed by atoms with Crippen molar-refractivity contribution >= 4 is 33.9 Å². The van der Waals surface area contributed by atoms with E-state index in [0.717, 1.165) is 22.1 Å². The van der Waals surface area contributed by atoms with Gasteiger partial charge in [0.05, 0.1) is 4.92 Å². The van der Waals surface area contributed by atoms with E-state index in [0.29, 0.717) is 5.13 Å². The summed E-state index contributed by atoms with van der Waals surface area (Å²) in [4.78, 5) is 10.1. The quantitative estimate of drug-likeness (QED) is 0.514. The molecule has 1 aromatic carbocycles. The van der Waals surface area contributed by atoms with Crippen LogP contribution in [-0.2, 0) is 6.42 Å². The van der Waals surface area contributed by atoms with Crippen LogP contribution in [0.4, 0.5) is 10.8 Å². The summed E-state index contributed by atoms with van der Waals surface area (Å²) in [7, 11) is 0. The molecule has 0 bridgehead atoms. The molecule has 0 aliphatic heterocycles. The first-order valence-corrected chi connectivity index (χ1v) is 6.90. The fraction of sp³-hybridized carbons (Fsp3) is 0.200. The average Bonchev–Trinajstić information content (AvgIpc) is 2.76. The Labute approximate surface area is 111 Å². The van der Waals surface area contributed by atoms with Gasteiger partial charge in [0, 0.05) is 17.9 Å². The molecule has 1 heterocycles. The van der Waals surface area contributed by atoms with Gasteiger partial charge in [-0.05, 0) is 12.0 Å². The van der Waals surface area contributed by atoms with E-state index in [1.807, 2.05) is 0 Å². The van der Waals surface area contributed by atoms with E-state index in [-0.39, 0.29) is 5.69 Å². The predicted octanol–water partition coefficient (Wildman–Crippen LogP) is 2.36. The summed E-state index contributed by atoms with van der Waals surface area (Å²) in [6.07, 6.45) is 0.822. The first-order chi connectivity index (χ1) is 8.65. The van der Waals surface area contributed by atoms with E-state index < -0.39 is 4.92 Å². The third-order valence-corrected chi connectivity index (χ3v) is 4.07. The van der Waals surface area contributed by atoms with Gasteiger partial charge in [-0.25, -0.2) is 0 Å². The highest BCUT2D eigenvalue weighted by atomic mass is 32.2. The normalized spacial score (nSPS) is 10.4. The zero-order valence-corrected chi connectivity index (χ0v) is 10.9. The Kier molecular flexibility index (Phi) is 4.11. The number of benzene rings is 1. The van der Waals surface area contributed by atoms with E-state index in [9.17, 15) is 10.1 Å². The molecule has 0 spiro atoms.